The van der Waals surface area contributed by atoms with Crippen LogP contribution in [0.2, 0.25) is 0 Å². The van der Waals surface area contributed by atoms with Crippen LogP contribution in [0.4, 0.5) is 5.69 Å². The Morgan fingerprint density at radius 1 is 1.26 bits per heavy atom. The molecular weight excluding hydrogens is 240 g/mol. The number of hydrogen-bond acceptors (Lipinski definition) is 4. The maximum absolute atomic E-state index is 5.77. The largest absolute Gasteiger partial charge is 0.440 e. The highest BCUT2D eigenvalue weighted by atomic mass is 16.5. The standard InChI is InChI=1S/C15H18N2O2/c1-9-12(6-7-18-9)16-11-4-5-14-13(8-11)17-15(19-14)10-2-3-10/h4-5,8-10,12,16H,2-3,6-7H2,1H3. The number of aromatic nitrogens is 1. The van der Waals surface area contributed by atoms with Crippen LogP contribution < -0.4 is 5.32 Å². The lowest BCUT2D eigenvalue weighted by Gasteiger charge is -2.17. The van der Waals surface area contributed by atoms with Crippen LogP contribution in [0.25, 0.3) is 11.1 Å². The summed E-state index contributed by atoms with van der Waals surface area (Å²) in [6.07, 6.45) is 3.77. The normalized spacial score (nSPS) is 27.0. The Morgan fingerprint density at radius 3 is 2.89 bits per heavy atom. The molecule has 2 aliphatic rings. The fraction of sp³-hybridized carbons (Fsp3) is 0.533. The Hall–Kier alpha value is -1.55. The number of oxazole rings is 1. The Kier molecular flexibility index (Phi) is 2.52. The molecule has 2 heterocycles. The number of anilines is 1. The number of fused-ring (bicyclic) bond motifs is 1. The van der Waals surface area contributed by atoms with Crippen molar-refractivity contribution in [3.8, 4) is 0 Å². The van der Waals surface area contributed by atoms with Crippen molar-refractivity contribution in [1.82, 2.24) is 4.98 Å². The third-order valence-electron chi connectivity index (χ3n) is 4.06. The molecule has 1 saturated carbocycles. The van der Waals surface area contributed by atoms with Crippen LogP contribution in [0.5, 0.6) is 0 Å². The van der Waals surface area contributed by atoms with Gasteiger partial charge in [0, 0.05) is 18.2 Å². The summed E-state index contributed by atoms with van der Waals surface area (Å²) in [7, 11) is 0. The minimum Gasteiger partial charge on any atom is -0.440 e. The number of hydrogen-bond donors (Lipinski definition) is 1. The highest BCUT2D eigenvalue weighted by Gasteiger charge is 2.29. The molecule has 2 atom stereocenters. The van der Waals surface area contributed by atoms with Gasteiger partial charge in [0.05, 0.1) is 12.1 Å². The Morgan fingerprint density at radius 2 is 2.16 bits per heavy atom. The zero-order valence-electron chi connectivity index (χ0n) is 11.1. The fourth-order valence-corrected chi connectivity index (χ4v) is 2.68. The smallest absolute Gasteiger partial charge is 0.198 e. The molecule has 1 N–H and O–H groups in total. The lowest BCUT2D eigenvalue weighted by atomic mass is 10.1. The summed E-state index contributed by atoms with van der Waals surface area (Å²) in [5.41, 5.74) is 2.95. The van der Waals surface area contributed by atoms with E-state index in [2.05, 4.69) is 29.4 Å². The number of nitrogens with one attached hydrogen (secondary N) is 1. The van der Waals surface area contributed by atoms with Gasteiger partial charge in [-0.1, -0.05) is 0 Å². The SMILES string of the molecule is CC1OCCC1Nc1ccc2oc(C3CC3)nc2c1. The van der Waals surface area contributed by atoms with Crippen LogP contribution >= 0.6 is 0 Å². The van der Waals surface area contributed by atoms with Crippen molar-refractivity contribution in [3.05, 3.63) is 24.1 Å². The van der Waals surface area contributed by atoms with E-state index in [4.69, 9.17) is 9.15 Å². The second-order valence-corrected chi connectivity index (χ2v) is 5.62. The monoisotopic (exact) mass is 258 g/mol. The van der Waals surface area contributed by atoms with Gasteiger partial charge < -0.3 is 14.5 Å². The lowest BCUT2D eigenvalue weighted by molar-refractivity contribution is 0.121. The second-order valence-electron chi connectivity index (χ2n) is 5.62. The van der Waals surface area contributed by atoms with Crippen LogP contribution in [0, 0.1) is 0 Å². The molecule has 4 rings (SSSR count). The first-order valence-electron chi connectivity index (χ1n) is 7.08. The van der Waals surface area contributed by atoms with E-state index in [1.807, 2.05) is 6.07 Å². The van der Waals surface area contributed by atoms with Crippen molar-refractivity contribution in [3.63, 3.8) is 0 Å². The van der Waals surface area contributed by atoms with Gasteiger partial charge in [-0.15, -0.1) is 0 Å². The first kappa shape index (κ1) is 11.3. The maximum Gasteiger partial charge on any atom is 0.198 e. The summed E-state index contributed by atoms with van der Waals surface area (Å²) in [5.74, 6) is 1.47. The van der Waals surface area contributed by atoms with Crippen molar-refractivity contribution < 1.29 is 9.15 Å². The molecule has 2 fully saturated rings. The average molecular weight is 258 g/mol. The zero-order chi connectivity index (χ0) is 12.8. The molecule has 1 aromatic heterocycles. The minimum absolute atomic E-state index is 0.273. The highest BCUT2D eigenvalue weighted by molar-refractivity contribution is 5.77. The first-order chi connectivity index (χ1) is 9.29. The summed E-state index contributed by atoms with van der Waals surface area (Å²) >= 11 is 0. The van der Waals surface area contributed by atoms with E-state index < -0.39 is 0 Å². The van der Waals surface area contributed by atoms with E-state index in [9.17, 15) is 0 Å². The second kappa shape index (κ2) is 4.23. The predicted molar refractivity (Wildman–Crippen MR) is 73.4 cm³/mol. The fourth-order valence-electron chi connectivity index (χ4n) is 2.68. The van der Waals surface area contributed by atoms with Crippen molar-refractivity contribution in [2.24, 2.45) is 0 Å². The van der Waals surface area contributed by atoms with Gasteiger partial charge in [0.15, 0.2) is 11.5 Å². The molecule has 1 aromatic carbocycles. The molecule has 4 heteroatoms. The van der Waals surface area contributed by atoms with Crippen molar-refractivity contribution in [2.45, 2.75) is 44.2 Å². The highest BCUT2D eigenvalue weighted by Crippen LogP contribution is 2.40. The number of nitrogens with zero attached hydrogens (tertiary/aromatic N) is 1. The van der Waals surface area contributed by atoms with Gasteiger partial charge in [-0.25, -0.2) is 4.98 Å². The molecule has 1 aliphatic heterocycles. The first-order valence-corrected chi connectivity index (χ1v) is 7.08. The molecule has 2 unspecified atom stereocenters. The third kappa shape index (κ3) is 2.10. The summed E-state index contributed by atoms with van der Waals surface area (Å²) < 4.78 is 11.3. The van der Waals surface area contributed by atoms with E-state index >= 15 is 0 Å². The zero-order valence-corrected chi connectivity index (χ0v) is 11.1. The van der Waals surface area contributed by atoms with Gasteiger partial charge in [0.2, 0.25) is 0 Å². The van der Waals surface area contributed by atoms with Gasteiger partial charge in [-0.2, -0.15) is 0 Å². The number of rotatable bonds is 3. The minimum atomic E-state index is 0.273. The predicted octanol–water partition coefficient (Wildman–Crippen LogP) is 3.29. The third-order valence-corrected chi connectivity index (χ3v) is 4.06. The van der Waals surface area contributed by atoms with Crippen molar-refractivity contribution >= 4 is 16.8 Å². The van der Waals surface area contributed by atoms with Crippen molar-refractivity contribution in [1.29, 1.82) is 0 Å². The molecule has 19 heavy (non-hydrogen) atoms. The van der Waals surface area contributed by atoms with Gasteiger partial charge in [-0.3, -0.25) is 0 Å². The van der Waals surface area contributed by atoms with Gasteiger partial charge in [0.25, 0.3) is 0 Å². The van der Waals surface area contributed by atoms with Crippen LogP contribution in [0.15, 0.2) is 22.6 Å². The molecule has 1 aliphatic carbocycles. The van der Waals surface area contributed by atoms with E-state index in [0.29, 0.717) is 12.0 Å². The molecule has 4 nitrogen and oxygen atoms in total. The molecule has 0 bridgehead atoms. The van der Waals surface area contributed by atoms with Crippen molar-refractivity contribution in [2.75, 3.05) is 11.9 Å². The lowest BCUT2D eigenvalue weighted by Crippen LogP contribution is -2.26. The van der Waals surface area contributed by atoms with Gasteiger partial charge >= 0.3 is 0 Å². The van der Waals surface area contributed by atoms with Crippen LogP contribution in [0.3, 0.4) is 0 Å². The molecule has 2 aromatic rings. The summed E-state index contributed by atoms with van der Waals surface area (Å²) in [6, 6.07) is 6.55. The topological polar surface area (TPSA) is 47.3 Å². The van der Waals surface area contributed by atoms with Gasteiger partial charge in [0.1, 0.15) is 5.52 Å². The summed E-state index contributed by atoms with van der Waals surface area (Å²) in [4.78, 5) is 4.59. The molecule has 0 amide bonds. The van der Waals surface area contributed by atoms with E-state index in [1.165, 1.54) is 12.8 Å². The molecular formula is C15H18N2O2. The Balaban J connectivity index is 1.60. The quantitative estimate of drug-likeness (QED) is 0.917. The number of ether oxygens (including phenoxy) is 1. The molecule has 0 spiro atoms. The summed E-state index contributed by atoms with van der Waals surface area (Å²) in [6.45, 7) is 2.96. The Labute approximate surface area is 112 Å². The van der Waals surface area contributed by atoms with E-state index in [0.717, 1.165) is 35.7 Å². The van der Waals surface area contributed by atoms with Gasteiger partial charge in [-0.05, 0) is 44.4 Å². The molecule has 1 saturated heterocycles. The number of benzene rings is 1. The molecule has 100 valence electrons. The van der Waals surface area contributed by atoms with Crippen LogP contribution in [-0.4, -0.2) is 23.7 Å². The van der Waals surface area contributed by atoms with Crippen LogP contribution in [-0.2, 0) is 4.74 Å². The van der Waals surface area contributed by atoms with Crippen LogP contribution in [0.1, 0.15) is 38.0 Å². The Bertz CT molecular complexity index is 603. The molecule has 0 radical (unpaired) electrons. The average Bonchev–Trinajstić information content (AvgIpc) is 3.06. The van der Waals surface area contributed by atoms with E-state index in [-0.39, 0.29) is 6.10 Å². The van der Waals surface area contributed by atoms with E-state index in [1.54, 1.807) is 0 Å². The maximum atomic E-state index is 5.77. The summed E-state index contributed by atoms with van der Waals surface area (Å²) in [5, 5.41) is 3.53.